The third-order valence-corrected chi connectivity index (χ3v) is 5.82. The van der Waals surface area contributed by atoms with Crippen LogP contribution in [0.25, 0.3) is 0 Å². The number of aromatic amines is 1. The Hall–Kier alpha value is -3.67. The summed E-state index contributed by atoms with van der Waals surface area (Å²) in [6.45, 7) is 1.60. The van der Waals surface area contributed by atoms with Gasteiger partial charge in [0.25, 0.3) is 0 Å². The van der Waals surface area contributed by atoms with Crippen molar-refractivity contribution in [2.45, 2.75) is 18.8 Å². The summed E-state index contributed by atoms with van der Waals surface area (Å²) in [4.78, 5) is 2.93. The molecule has 1 aromatic heterocycles. The van der Waals surface area contributed by atoms with Crippen molar-refractivity contribution < 1.29 is 13.9 Å². The van der Waals surface area contributed by atoms with Crippen molar-refractivity contribution in [3.8, 4) is 18.2 Å². The van der Waals surface area contributed by atoms with Crippen LogP contribution in [0.4, 0.5) is 4.39 Å². The molecule has 8 heteroatoms. The second-order valence-corrected chi connectivity index (χ2v) is 6.90. The number of aromatic nitrogens is 1. The Balaban J connectivity index is 2.04. The van der Waals surface area contributed by atoms with Gasteiger partial charge in [0.2, 0.25) is 17.1 Å². The molecule has 2 aliphatic heterocycles. The fraction of sp³-hybridized carbons (Fsp3) is 0.300. The van der Waals surface area contributed by atoms with E-state index in [1.54, 1.807) is 25.3 Å². The third-order valence-electron chi connectivity index (χ3n) is 5.82. The first kappa shape index (κ1) is 17.7. The van der Waals surface area contributed by atoms with Crippen LogP contribution in [0.2, 0.25) is 0 Å². The quantitative estimate of drug-likeness (QED) is 0.832. The zero-order valence-electron chi connectivity index (χ0n) is 14.7. The van der Waals surface area contributed by atoms with Crippen LogP contribution in [0.3, 0.4) is 0 Å². The number of hydrogen-bond acceptors (Lipinski definition) is 6. The lowest BCUT2D eigenvalue weighted by atomic mass is 9.54. The number of halogens is 1. The summed E-state index contributed by atoms with van der Waals surface area (Å²) < 4.78 is 25.5. The molecule has 3 heterocycles. The van der Waals surface area contributed by atoms with Crippen molar-refractivity contribution in [2.75, 3.05) is 0 Å². The van der Waals surface area contributed by atoms with Gasteiger partial charge in [0.15, 0.2) is 5.41 Å². The number of nitrogens with zero attached hydrogens (tertiary/aromatic N) is 3. The molecule has 2 saturated heterocycles. The van der Waals surface area contributed by atoms with Gasteiger partial charge in [-0.25, -0.2) is 4.39 Å². The maximum atomic E-state index is 13.5. The summed E-state index contributed by atoms with van der Waals surface area (Å²) in [5.41, 5.74) is -3.11. The Morgan fingerprint density at radius 1 is 1.11 bits per heavy atom. The van der Waals surface area contributed by atoms with E-state index in [-0.39, 0.29) is 0 Å². The van der Waals surface area contributed by atoms with E-state index in [9.17, 15) is 20.2 Å². The number of nitriles is 3. The third kappa shape index (κ3) is 1.79. The lowest BCUT2D eigenvalue weighted by Crippen LogP contribution is -2.57. The first-order valence-electron chi connectivity index (χ1n) is 8.51. The number of rotatable bonds is 2. The highest BCUT2D eigenvalue weighted by Crippen LogP contribution is 2.68. The molecule has 4 atom stereocenters. The molecule has 0 aliphatic carbocycles. The van der Waals surface area contributed by atoms with Gasteiger partial charge in [-0.05, 0) is 36.4 Å². The van der Waals surface area contributed by atoms with Crippen LogP contribution in [0, 0.1) is 62.0 Å². The maximum absolute atomic E-state index is 13.5. The first-order valence-corrected chi connectivity index (χ1v) is 8.51. The molecule has 4 unspecified atom stereocenters. The molecule has 0 radical (unpaired) electrons. The Labute approximate surface area is 160 Å². The fourth-order valence-corrected chi connectivity index (χ4v) is 4.34. The van der Waals surface area contributed by atoms with Crippen molar-refractivity contribution in [1.29, 1.82) is 21.2 Å². The van der Waals surface area contributed by atoms with Crippen LogP contribution in [0.15, 0.2) is 42.6 Å². The van der Waals surface area contributed by atoms with Crippen LogP contribution in [0.5, 0.6) is 0 Å². The molecule has 28 heavy (non-hydrogen) atoms. The van der Waals surface area contributed by atoms with E-state index in [1.165, 1.54) is 24.3 Å². The summed E-state index contributed by atoms with van der Waals surface area (Å²) in [6, 6.07) is 14.6. The zero-order valence-corrected chi connectivity index (χ0v) is 14.7. The molecule has 1 aromatic carbocycles. The number of hydrogen-bond donors (Lipinski definition) is 2. The maximum Gasteiger partial charge on any atom is 0.244 e. The van der Waals surface area contributed by atoms with E-state index in [4.69, 9.17) is 14.9 Å². The van der Waals surface area contributed by atoms with Crippen LogP contribution in [-0.2, 0) is 15.3 Å². The second-order valence-electron chi connectivity index (χ2n) is 6.90. The SMILES string of the molecule is CC1C2(c3ccc(F)cc3)OC(=N)C1(C#N)C(C#N)(C#N)C(c1ccc[nH]1)O2. The minimum absolute atomic E-state index is 0.393. The van der Waals surface area contributed by atoms with Gasteiger partial charge in [-0.3, -0.25) is 5.41 Å². The molecule has 2 fully saturated rings. The minimum Gasteiger partial charge on any atom is -0.443 e. The van der Waals surface area contributed by atoms with Crippen LogP contribution < -0.4 is 0 Å². The molecule has 4 rings (SSSR count). The Morgan fingerprint density at radius 2 is 1.79 bits per heavy atom. The van der Waals surface area contributed by atoms with Gasteiger partial charge in [0.05, 0.1) is 24.1 Å². The van der Waals surface area contributed by atoms with Gasteiger partial charge in [0, 0.05) is 17.5 Å². The molecule has 2 bridgehead atoms. The highest BCUT2D eigenvalue weighted by molar-refractivity contribution is 5.89. The predicted molar refractivity (Wildman–Crippen MR) is 92.4 cm³/mol. The van der Waals surface area contributed by atoms with Crippen molar-refractivity contribution in [3.05, 3.63) is 59.7 Å². The van der Waals surface area contributed by atoms with Gasteiger partial charge >= 0.3 is 0 Å². The van der Waals surface area contributed by atoms with Crippen molar-refractivity contribution >= 4 is 5.90 Å². The Bertz CT molecular complexity index is 1060. The first-order chi connectivity index (χ1) is 13.4. The number of nitrogens with one attached hydrogen (secondary N) is 2. The van der Waals surface area contributed by atoms with Gasteiger partial charge < -0.3 is 14.5 Å². The molecule has 2 N–H and O–H groups in total. The van der Waals surface area contributed by atoms with E-state index in [1.807, 2.05) is 18.2 Å². The van der Waals surface area contributed by atoms with Crippen molar-refractivity contribution in [2.24, 2.45) is 16.7 Å². The average Bonchev–Trinajstić information content (AvgIpc) is 3.28. The largest absolute Gasteiger partial charge is 0.443 e. The van der Waals surface area contributed by atoms with Gasteiger partial charge in [-0.2, -0.15) is 15.8 Å². The number of H-pyrrole nitrogens is 1. The Kier molecular flexibility index (Phi) is 3.58. The lowest BCUT2D eigenvalue weighted by Gasteiger charge is -2.48. The summed E-state index contributed by atoms with van der Waals surface area (Å²) in [5, 5.41) is 38.6. The number of fused-ring (bicyclic) bond motifs is 2. The normalized spacial score (nSPS) is 32.6. The van der Waals surface area contributed by atoms with Crippen LogP contribution in [-0.4, -0.2) is 10.9 Å². The molecule has 0 amide bonds. The summed E-state index contributed by atoms with van der Waals surface area (Å²) in [7, 11) is 0. The summed E-state index contributed by atoms with van der Waals surface area (Å²) in [5.74, 6) is -3.47. The van der Waals surface area contributed by atoms with E-state index >= 15 is 0 Å². The smallest absolute Gasteiger partial charge is 0.244 e. The van der Waals surface area contributed by atoms with E-state index in [0.29, 0.717) is 11.3 Å². The lowest BCUT2D eigenvalue weighted by molar-refractivity contribution is -0.289. The molecular weight excluding hydrogens is 361 g/mol. The average molecular weight is 375 g/mol. The topological polar surface area (TPSA) is 129 Å². The molecule has 2 aromatic rings. The van der Waals surface area contributed by atoms with Crippen molar-refractivity contribution in [1.82, 2.24) is 4.98 Å². The van der Waals surface area contributed by atoms with Gasteiger partial charge in [-0.1, -0.05) is 6.92 Å². The number of ether oxygens (including phenoxy) is 2. The molecule has 0 spiro atoms. The van der Waals surface area contributed by atoms with Crippen LogP contribution >= 0.6 is 0 Å². The molecule has 2 aliphatic rings. The zero-order chi connectivity index (χ0) is 20.2. The van der Waals surface area contributed by atoms with Crippen molar-refractivity contribution in [3.63, 3.8) is 0 Å². The highest BCUT2D eigenvalue weighted by Gasteiger charge is 2.79. The standard InChI is InChI=1S/C20H14FN5O2/c1-12-19(11-24)17(25)28-20(12,13-4-6-14(21)7-5-13)27-16(15-3-2-8-26-15)18(19,9-22)10-23/h2-8,12,16,25-26H,1H3. The van der Waals surface area contributed by atoms with Crippen LogP contribution in [0.1, 0.15) is 24.3 Å². The Morgan fingerprint density at radius 3 is 2.32 bits per heavy atom. The molecule has 7 nitrogen and oxygen atoms in total. The van der Waals surface area contributed by atoms with E-state index in [0.717, 1.165) is 0 Å². The van der Waals surface area contributed by atoms with Gasteiger partial charge in [-0.15, -0.1) is 0 Å². The second kappa shape index (κ2) is 5.66. The fourth-order valence-electron chi connectivity index (χ4n) is 4.34. The monoisotopic (exact) mass is 375 g/mol. The summed E-state index contributed by atoms with van der Waals surface area (Å²) in [6.07, 6.45) is 0.412. The predicted octanol–water partition coefficient (Wildman–Crippen LogP) is 3.27. The molecular formula is C20H14FN5O2. The van der Waals surface area contributed by atoms with E-state index < -0.39 is 40.4 Å². The molecule has 138 valence electrons. The number of benzene rings is 1. The minimum atomic E-state index is -2.02. The van der Waals surface area contributed by atoms with E-state index in [2.05, 4.69) is 4.98 Å². The molecule has 0 saturated carbocycles. The van der Waals surface area contributed by atoms with Gasteiger partial charge in [0.1, 0.15) is 11.9 Å². The summed E-state index contributed by atoms with van der Waals surface area (Å²) >= 11 is 0. The highest BCUT2D eigenvalue weighted by atomic mass is 19.1.